The molecule has 0 radical (unpaired) electrons. The number of hydrogen-bond acceptors (Lipinski definition) is 4. The summed E-state index contributed by atoms with van der Waals surface area (Å²) in [5, 5.41) is 10.5. The van der Waals surface area contributed by atoms with Crippen molar-refractivity contribution in [3.8, 4) is 0 Å². The number of carbonyl (C=O) groups excluding carboxylic acids is 1. The van der Waals surface area contributed by atoms with Crippen molar-refractivity contribution in [1.29, 1.82) is 0 Å². The number of likely N-dealkylation sites (tertiary alicyclic amines) is 1. The average Bonchev–Trinajstić information content (AvgIpc) is 3.38. The van der Waals surface area contributed by atoms with Crippen molar-refractivity contribution < 1.29 is 4.79 Å². The van der Waals surface area contributed by atoms with Crippen LogP contribution in [0.5, 0.6) is 0 Å². The maximum atomic E-state index is 12.0. The van der Waals surface area contributed by atoms with E-state index in [2.05, 4.69) is 51.8 Å². The van der Waals surface area contributed by atoms with Gasteiger partial charge in [0.05, 0.1) is 5.00 Å². The van der Waals surface area contributed by atoms with E-state index in [0.717, 1.165) is 70.8 Å². The van der Waals surface area contributed by atoms with Crippen LogP contribution in [0.25, 0.3) is 0 Å². The van der Waals surface area contributed by atoms with Gasteiger partial charge in [-0.3, -0.25) is 9.79 Å². The summed E-state index contributed by atoms with van der Waals surface area (Å²) in [6.07, 6.45) is 5.92. The summed E-state index contributed by atoms with van der Waals surface area (Å²) in [5.74, 6) is 1.23. The van der Waals surface area contributed by atoms with Crippen LogP contribution in [0.3, 0.4) is 0 Å². The average molecular weight is 534 g/mol. The number of guanidine groups is 1. The van der Waals surface area contributed by atoms with E-state index < -0.39 is 0 Å². The van der Waals surface area contributed by atoms with Gasteiger partial charge in [0.15, 0.2) is 5.96 Å². The van der Waals surface area contributed by atoms with Crippen LogP contribution in [-0.2, 0) is 4.79 Å². The van der Waals surface area contributed by atoms with Crippen molar-refractivity contribution >= 4 is 52.2 Å². The summed E-state index contributed by atoms with van der Waals surface area (Å²) in [6.45, 7) is 8.99. The van der Waals surface area contributed by atoms with E-state index in [1.807, 2.05) is 11.3 Å². The molecule has 29 heavy (non-hydrogen) atoms. The molecule has 0 spiro atoms. The maximum Gasteiger partial charge on any atom is 0.222 e. The Labute approximate surface area is 196 Å². The minimum atomic E-state index is 0. The zero-order chi connectivity index (χ0) is 19.8. The third kappa shape index (κ3) is 7.01. The lowest BCUT2D eigenvalue weighted by molar-refractivity contribution is -0.129. The molecule has 1 aromatic heterocycles. The first kappa shape index (κ1) is 24.2. The number of rotatable bonds is 8. The highest BCUT2D eigenvalue weighted by Gasteiger charge is 2.26. The Balaban J connectivity index is 0.00000300. The first-order valence-corrected chi connectivity index (χ1v) is 11.7. The number of anilines is 1. The molecular formula is C21H36IN5OS. The molecule has 0 aromatic carbocycles. The summed E-state index contributed by atoms with van der Waals surface area (Å²) in [5.41, 5.74) is 0. The normalized spacial score (nSPS) is 19.2. The van der Waals surface area contributed by atoms with Crippen molar-refractivity contribution in [1.82, 2.24) is 15.5 Å². The fraction of sp³-hybridized carbons (Fsp3) is 0.714. The summed E-state index contributed by atoms with van der Waals surface area (Å²) in [4.78, 5) is 21.4. The summed E-state index contributed by atoms with van der Waals surface area (Å²) >= 11 is 1.82. The number of nitrogens with one attached hydrogen (secondary N) is 2. The van der Waals surface area contributed by atoms with Crippen LogP contribution >= 0.6 is 35.3 Å². The Bertz CT molecular complexity index is 631. The van der Waals surface area contributed by atoms with Gasteiger partial charge in [-0.05, 0) is 56.5 Å². The highest BCUT2D eigenvalue weighted by molar-refractivity contribution is 14.0. The van der Waals surface area contributed by atoms with Crippen LogP contribution in [0.4, 0.5) is 5.00 Å². The first-order valence-electron chi connectivity index (χ1n) is 10.8. The van der Waals surface area contributed by atoms with E-state index in [1.165, 1.54) is 5.00 Å². The highest BCUT2D eigenvalue weighted by Crippen LogP contribution is 2.24. The molecule has 3 rings (SSSR count). The number of carbonyl (C=O) groups is 1. The lowest BCUT2D eigenvalue weighted by atomic mass is 10.1. The number of amides is 1. The molecule has 3 heterocycles. The Kier molecular flexibility index (Phi) is 10.5. The number of halogens is 1. The number of aliphatic imine (C=N–C) groups is 1. The second kappa shape index (κ2) is 12.6. The van der Waals surface area contributed by atoms with Crippen LogP contribution in [0.1, 0.15) is 52.4 Å². The molecule has 6 nitrogen and oxygen atoms in total. The van der Waals surface area contributed by atoms with Gasteiger partial charge in [0.2, 0.25) is 5.91 Å². The third-order valence-electron chi connectivity index (χ3n) is 5.75. The Morgan fingerprint density at radius 1 is 1.31 bits per heavy atom. The van der Waals surface area contributed by atoms with Gasteiger partial charge in [0.25, 0.3) is 0 Å². The molecule has 2 aliphatic heterocycles. The number of thiophene rings is 1. The van der Waals surface area contributed by atoms with Gasteiger partial charge in [0, 0.05) is 51.2 Å². The summed E-state index contributed by atoms with van der Waals surface area (Å²) in [7, 11) is 0. The largest absolute Gasteiger partial charge is 0.363 e. The number of hydrogen-bond donors (Lipinski definition) is 2. The van der Waals surface area contributed by atoms with Gasteiger partial charge in [0.1, 0.15) is 0 Å². The van der Waals surface area contributed by atoms with E-state index in [0.29, 0.717) is 24.4 Å². The molecule has 1 atom stereocenters. The molecule has 0 saturated carbocycles. The molecule has 2 N–H and O–H groups in total. The molecule has 0 bridgehead atoms. The van der Waals surface area contributed by atoms with Crippen molar-refractivity contribution in [2.45, 2.75) is 64.5 Å². The smallest absolute Gasteiger partial charge is 0.222 e. The minimum Gasteiger partial charge on any atom is -0.363 e. The second-order valence-electron chi connectivity index (χ2n) is 7.66. The van der Waals surface area contributed by atoms with E-state index in [9.17, 15) is 4.79 Å². The van der Waals surface area contributed by atoms with Gasteiger partial charge < -0.3 is 20.4 Å². The van der Waals surface area contributed by atoms with Gasteiger partial charge in [-0.25, -0.2) is 0 Å². The topological polar surface area (TPSA) is 60.0 Å². The van der Waals surface area contributed by atoms with Crippen LogP contribution in [0.2, 0.25) is 0 Å². The lowest BCUT2D eigenvalue weighted by Crippen LogP contribution is -2.48. The minimum absolute atomic E-state index is 0. The molecule has 0 aliphatic carbocycles. The van der Waals surface area contributed by atoms with E-state index in [-0.39, 0.29) is 24.0 Å². The van der Waals surface area contributed by atoms with Gasteiger partial charge in [-0.1, -0.05) is 6.92 Å². The molecule has 2 saturated heterocycles. The molecule has 1 aromatic rings. The molecular weight excluding hydrogens is 497 g/mol. The first-order chi connectivity index (χ1) is 13.7. The second-order valence-corrected chi connectivity index (χ2v) is 8.59. The molecule has 1 unspecified atom stereocenters. The van der Waals surface area contributed by atoms with E-state index in [1.54, 1.807) is 0 Å². The quantitative estimate of drug-likeness (QED) is 0.304. The fourth-order valence-corrected chi connectivity index (χ4v) is 4.95. The standard InChI is InChI=1S/C21H35N5OS.HI/c1-3-18(26-13-5-7-19(26)27)9-12-23-21(22-4-2)24-17-10-14-25(15-11-17)20-8-6-16-28-20;/h6,8,16-18H,3-5,7,9-15H2,1-2H3,(H2,22,23,24);1H. The van der Waals surface area contributed by atoms with E-state index in [4.69, 9.17) is 4.99 Å². The molecule has 164 valence electrons. The molecule has 8 heteroatoms. The number of piperidine rings is 1. The van der Waals surface area contributed by atoms with Crippen molar-refractivity contribution in [2.75, 3.05) is 37.6 Å². The molecule has 2 aliphatic rings. The van der Waals surface area contributed by atoms with E-state index >= 15 is 0 Å². The van der Waals surface area contributed by atoms with Crippen molar-refractivity contribution in [3.05, 3.63) is 17.5 Å². The monoisotopic (exact) mass is 533 g/mol. The van der Waals surface area contributed by atoms with Gasteiger partial charge >= 0.3 is 0 Å². The van der Waals surface area contributed by atoms with Gasteiger partial charge in [-0.15, -0.1) is 35.3 Å². The van der Waals surface area contributed by atoms with Crippen LogP contribution in [-0.4, -0.2) is 61.6 Å². The van der Waals surface area contributed by atoms with Crippen molar-refractivity contribution in [2.24, 2.45) is 4.99 Å². The zero-order valence-electron chi connectivity index (χ0n) is 17.7. The maximum absolute atomic E-state index is 12.0. The SMILES string of the molecule is CCNC(=NCCC(CC)N1CCCC1=O)NC1CCN(c2cccs2)CC1.I. The van der Waals surface area contributed by atoms with Crippen LogP contribution in [0, 0.1) is 0 Å². The predicted octanol–water partition coefficient (Wildman–Crippen LogP) is 3.68. The lowest BCUT2D eigenvalue weighted by Gasteiger charge is -2.33. The summed E-state index contributed by atoms with van der Waals surface area (Å²) < 4.78 is 0. The van der Waals surface area contributed by atoms with Gasteiger partial charge in [-0.2, -0.15) is 0 Å². The third-order valence-corrected chi connectivity index (χ3v) is 6.68. The van der Waals surface area contributed by atoms with Crippen molar-refractivity contribution in [3.63, 3.8) is 0 Å². The van der Waals surface area contributed by atoms with Crippen LogP contribution in [0.15, 0.2) is 22.5 Å². The van der Waals surface area contributed by atoms with Crippen LogP contribution < -0.4 is 15.5 Å². The zero-order valence-corrected chi connectivity index (χ0v) is 20.9. The Hall–Kier alpha value is -1.03. The summed E-state index contributed by atoms with van der Waals surface area (Å²) in [6, 6.07) is 5.13. The Morgan fingerprint density at radius 3 is 2.69 bits per heavy atom. The number of nitrogens with zero attached hydrogens (tertiary/aromatic N) is 3. The Morgan fingerprint density at radius 2 is 2.10 bits per heavy atom. The predicted molar refractivity (Wildman–Crippen MR) is 134 cm³/mol. The molecule has 1 amide bonds. The fourth-order valence-electron chi connectivity index (χ4n) is 4.17. The molecule has 2 fully saturated rings. The highest BCUT2D eigenvalue weighted by atomic mass is 127.